The van der Waals surface area contributed by atoms with Crippen LogP contribution in [-0.2, 0) is 4.79 Å². The Kier molecular flexibility index (Phi) is 2.65. The lowest BCUT2D eigenvalue weighted by Gasteiger charge is -1.99. The van der Waals surface area contributed by atoms with Gasteiger partial charge in [-0.1, -0.05) is 22.0 Å². The van der Waals surface area contributed by atoms with E-state index in [1.807, 2.05) is 6.07 Å². The summed E-state index contributed by atoms with van der Waals surface area (Å²) in [5.41, 5.74) is 0.687. The van der Waals surface area contributed by atoms with Gasteiger partial charge >= 0.3 is 0 Å². The van der Waals surface area contributed by atoms with E-state index in [1.165, 1.54) is 6.92 Å². The quantitative estimate of drug-likeness (QED) is 0.761. The lowest BCUT2D eigenvalue weighted by Crippen LogP contribution is -2.05. The van der Waals surface area contributed by atoms with Gasteiger partial charge in [0.15, 0.2) is 0 Å². The molecule has 1 amide bonds. The molecular formula is C8H7BrNO. The van der Waals surface area contributed by atoms with E-state index < -0.39 is 0 Å². The molecule has 0 unspecified atom stereocenters. The van der Waals surface area contributed by atoms with Gasteiger partial charge in [0.05, 0.1) is 0 Å². The molecule has 0 aromatic heterocycles. The first-order valence-electron chi connectivity index (χ1n) is 3.13. The molecule has 0 aliphatic heterocycles. The van der Waals surface area contributed by atoms with Gasteiger partial charge in [-0.3, -0.25) is 4.79 Å². The summed E-state index contributed by atoms with van der Waals surface area (Å²) in [6.45, 7) is 1.47. The first kappa shape index (κ1) is 8.27. The molecule has 0 saturated carbocycles. The molecular weight excluding hydrogens is 206 g/mol. The zero-order chi connectivity index (χ0) is 8.27. The lowest BCUT2D eigenvalue weighted by atomic mass is 10.3. The van der Waals surface area contributed by atoms with Crippen molar-refractivity contribution in [1.29, 1.82) is 0 Å². The van der Waals surface area contributed by atoms with Gasteiger partial charge < -0.3 is 5.32 Å². The van der Waals surface area contributed by atoms with Crippen LogP contribution in [0.4, 0.5) is 5.69 Å². The van der Waals surface area contributed by atoms with Gasteiger partial charge in [0.2, 0.25) is 5.91 Å². The third-order valence-corrected chi connectivity index (χ3v) is 1.57. The van der Waals surface area contributed by atoms with Crippen LogP contribution in [0, 0.1) is 6.07 Å². The molecule has 1 radical (unpaired) electrons. The maximum Gasteiger partial charge on any atom is 0.221 e. The molecule has 2 nitrogen and oxygen atoms in total. The molecule has 0 bridgehead atoms. The van der Waals surface area contributed by atoms with E-state index in [9.17, 15) is 4.79 Å². The molecule has 0 spiro atoms. The first-order chi connectivity index (χ1) is 5.18. The van der Waals surface area contributed by atoms with Gasteiger partial charge in [0, 0.05) is 23.2 Å². The molecule has 0 aliphatic rings. The van der Waals surface area contributed by atoms with Crippen molar-refractivity contribution in [2.45, 2.75) is 6.92 Å². The fourth-order valence-electron chi connectivity index (χ4n) is 0.701. The van der Waals surface area contributed by atoms with E-state index in [-0.39, 0.29) is 5.91 Å². The normalized spacial score (nSPS) is 9.27. The molecule has 0 atom stereocenters. The van der Waals surface area contributed by atoms with Crippen molar-refractivity contribution in [2.75, 3.05) is 5.32 Å². The summed E-state index contributed by atoms with van der Waals surface area (Å²) in [6, 6.07) is 8.27. The van der Waals surface area contributed by atoms with Crippen LogP contribution in [0.1, 0.15) is 6.92 Å². The summed E-state index contributed by atoms with van der Waals surface area (Å²) in [6.07, 6.45) is 0. The standard InChI is InChI=1S/C8H7BrNO/c1-6(11)10-8-4-2-3-7(9)5-8/h2-3,5H,1H3,(H,10,11). The van der Waals surface area contributed by atoms with Crippen molar-refractivity contribution in [1.82, 2.24) is 0 Å². The highest BCUT2D eigenvalue weighted by molar-refractivity contribution is 9.10. The largest absolute Gasteiger partial charge is 0.326 e. The number of amides is 1. The number of rotatable bonds is 1. The van der Waals surface area contributed by atoms with Gasteiger partial charge in [-0.2, -0.15) is 0 Å². The molecule has 1 rings (SSSR count). The molecule has 1 N–H and O–H groups in total. The molecule has 0 aliphatic carbocycles. The second kappa shape index (κ2) is 3.53. The van der Waals surface area contributed by atoms with Crippen LogP contribution in [0.25, 0.3) is 0 Å². The fraction of sp³-hybridized carbons (Fsp3) is 0.125. The summed E-state index contributed by atoms with van der Waals surface area (Å²) in [5, 5.41) is 2.62. The SMILES string of the molecule is CC(=O)Nc1[c]ccc(Br)c1. The summed E-state index contributed by atoms with van der Waals surface area (Å²) < 4.78 is 0.931. The molecule has 0 saturated heterocycles. The van der Waals surface area contributed by atoms with Crippen molar-refractivity contribution >= 4 is 27.5 Å². The first-order valence-corrected chi connectivity index (χ1v) is 3.92. The van der Waals surface area contributed by atoms with Crippen molar-refractivity contribution in [3.63, 3.8) is 0 Å². The summed E-state index contributed by atoms with van der Waals surface area (Å²) in [5.74, 6) is -0.0839. The molecule has 0 heterocycles. The van der Waals surface area contributed by atoms with Crippen molar-refractivity contribution < 1.29 is 4.79 Å². The molecule has 1 aromatic rings. The fourth-order valence-corrected chi connectivity index (χ4v) is 1.06. The maximum absolute atomic E-state index is 10.6. The number of halogens is 1. The Labute approximate surface area is 73.7 Å². The molecule has 11 heavy (non-hydrogen) atoms. The Morgan fingerprint density at radius 3 is 3.00 bits per heavy atom. The van der Waals surface area contributed by atoms with E-state index in [0.717, 1.165) is 4.47 Å². The van der Waals surface area contributed by atoms with Crippen LogP contribution in [0.5, 0.6) is 0 Å². The number of carbonyl (C=O) groups excluding carboxylic acids is 1. The minimum atomic E-state index is -0.0839. The van der Waals surface area contributed by atoms with Gasteiger partial charge in [0.25, 0.3) is 0 Å². The maximum atomic E-state index is 10.6. The molecule has 0 fully saturated rings. The Morgan fingerprint density at radius 1 is 1.73 bits per heavy atom. The third kappa shape index (κ3) is 2.72. The summed E-state index contributed by atoms with van der Waals surface area (Å²) in [7, 11) is 0. The number of hydrogen-bond acceptors (Lipinski definition) is 1. The minimum Gasteiger partial charge on any atom is -0.326 e. The monoisotopic (exact) mass is 212 g/mol. The van der Waals surface area contributed by atoms with Gasteiger partial charge in [0.1, 0.15) is 0 Å². The molecule has 3 heteroatoms. The third-order valence-electron chi connectivity index (χ3n) is 1.07. The zero-order valence-electron chi connectivity index (χ0n) is 6.02. The predicted molar refractivity (Wildman–Crippen MR) is 47.3 cm³/mol. The predicted octanol–water partition coefficient (Wildman–Crippen LogP) is 2.21. The van der Waals surface area contributed by atoms with Crippen LogP contribution >= 0.6 is 15.9 Å². The summed E-state index contributed by atoms with van der Waals surface area (Å²) >= 11 is 3.28. The van der Waals surface area contributed by atoms with Crippen LogP contribution in [0.3, 0.4) is 0 Å². The van der Waals surface area contributed by atoms with Gasteiger partial charge in [-0.05, 0) is 12.1 Å². The van der Waals surface area contributed by atoms with Crippen molar-refractivity contribution in [2.24, 2.45) is 0 Å². The van der Waals surface area contributed by atoms with Crippen molar-refractivity contribution in [3.05, 3.63) is 28.7 Å². The van der Waals surface area contributed by atoms with Crippen LogP contribution in [-0.4, -0.2) is 5.91 Å². The number of carbonyl (C=O) groups is 1. The number of hydrogen-bond donors (Lipinski definition) is 1. The lowest BCUT2D eigenvalue weighted by molar-refractivity contribution is -0.114. The van der Waals surface area contributed by atoms with Crippen molar-refractivity contribution in [3.8, 4) is 0 Å². The van der Waals surface area contributed by atoms with E-state index in [0.29, 0.717) is 5.69 Å². The zero-order valence-corrected chi connectivity index (χ0v) is 7.60. The van der Waals surface area contributed by atoms with E-state index in [2.05, 4.69) is 27.3 Å². The highest BCUT2D eigenvalue weighted by Crippen LogP contribution is 2.14. The molecule has 57 valence electrons. The topological polar surface area (TPSA) is 29.1 Å². The second-order valence-corrected chi connectivity index (χ2v) is 3.02. The van der Waals surface area contributed by atoms with Crippen LogP contribution in [0.15, 0.2) is 22.7 Å². The van der Waals surface area contributed by atoms with E-state index in [1.54, 1.807) is 12.1 Å². The number of nitrogens with one attached hydrogen (secondary N) is 1. The van der Waals surface area contributed by atoms with E-state index in [4.69, 9.17) is 0 Å². The molecule has 1 aromatic carbocycles. The number of benzene rings is 1. The van der Waals surface area contributed by atoms with Gasteiger partial charge in [-0.25, -0.2) is 0 Å². The average Bonchev–Trinajstić information content (AvgIpc) is 1.85. The van der Waals surface area contributed by atoms with Crippen LogP contribution in [0.2, 0.25) is 0 Å². The second-order valence-electron chi connectivity index (χ2n) is 2.10. The van der Waals surface area contributed by atoms with Gasteiger partial charge in [-0.15, -0.1) is 0 Å². The summed E-state index contributed by atoms with van der Waals surface area (Å²) in [4.78, 5) is 10.6. The Balaban J connectivity index is 2.79. The number of anilines is 1. The minimum absolute atomic E-state index is 0.0839. The Bertz CT molecular complexity index is 273. The average molecular weight is 213 g/mol. The van der Waals surface area contributed by atoms with E-state index >= 15 is 0 Å². The Hall–Kier alpha value is -0.830. The highest BCUT2D eigenvalue weighted by Gasteiger charge is 1.94. The van der Waals surface area contributed by atoms with Crippen LogP contribution < -0.4 is 5.32 Å². The Morgan fingerprint density at radius 2 is 2.45 bits per heavy atom. The highest BCUT2D eigenvalue weighted by atomic mass is 79.9. The smallest absolute Gasteiger partial charge is 0.221 e.